The van der Waals surface area contributed by atoms with E-state index in [0.29, 0.717) is 12.2 Å². The number of aliphatic imine (C=N–C) groups is 1. The normalized spacial score (nSPS) is 12.1. The van der Waals surface area contributed by atoms with Crippen LogP contribution in [0.1, 0.15) is 26.7 Å². The van der Waals surface area contributed by atoms with Crippen LogP contribution in [0, 0.1) is 11.3 Å². The second-order valence-electron chi connectivity index (χ2n) is 2.77. The highest BCUT2D eigenvalue weighted by Gasteiger charge is 2.16. The molecule has 0 bridgehead atoms. The Hall–Kier alpha value is -1.63. The maximum absolute atomic E-state index is 11.5. The summed E-state index contributed by atoms with van der Waals surface area (Å²) >= 11 is 0. The molecular formula is C11H16N2O2. The Morgan fingerprint density at radius 3 is 2.60 bits per heavy atom. The van der Waals surface area contributed by atoms with Gasteiger partial charge in [-0.1, -0.05) is 13.0 Å². The van der Waals surface area contributed by atoms with Crippen molar-refractivity contribution in [3.63, 3.8) is 0 Å². The highest BCUT2D eigenvalue weighted by Crippen LogP contribution is 2.07. The van der Waals surface area contributed by atoms with Crippen LogP contribution in [0.3, 0.4) is 0 Å². The monoisotopic (exact) mass is 208 g/mol. The first-order valence-corrected chi connectivity index (χ1v) is 4.91. The van der Waals surface area contributed by atoms with E-state index in [4.69, 9.17) is 10.00 Å². The number of allylic oxidation sites excluding steroid dienone is 1. The SMILES string of the molecule is CC/C=C(/CC#N)C(=NC)C(=O)OCC. The van der Waals surface area contributed by atoms with Crippen molar-refractivity contribution in [2.45, 2.75) is 26.7 Å². The molecule has 4 heteroatoms. The molecule has 0 unspecified atom stereocenters. The smallest absolute Gasteiger partial charge is 0.356 e. The third-order valence-electron chi connectivity index (χ3n) is 1.72. The molecule has 0 aromatic carbocycles. The molecule has 0 saturated heterocycles. The van der Waals surface area contributed by atoms with E-state index in [9.17, 15) is 4.79 Å². The van der Waals surface area contributed by atoms with Gasteiger partial charge in [0.2, 0.25) is 0 Å². The largest absolute Gasteiger partial charge is 0.461 e. The molecule has 4 nitrogen and oxygen atoms in total. The third-order valence-corrected chi connectivity index (χ3v) is 1.72. The van der Waals surface area contributed by atoms with Crippen molar-refractivity contribution in [3.05, 3.63) is 11.6 Å². The predicted octanol–water partition coefficient (Wildman–Crippen LogP) is 1.87. The Kier molecular flexibility index (Phi) is 6.90. The Morgan fingerprint density at radius 1 is 1.53 bits per heavy atom. The molecule has 0 fully saturated rings. The fraction of sp³-hybridized carbons (Fsp3) is 0.545. The maximum Gasteiger partial charge on any atom is 0.356 e. The van der Waals surface area contributed by atoms with Crippen molar-refractivity contribution in [1.29, 1.82) is 5.26 Å². The van der Waals surface area contributed by atoms with Gasteiger partial charge in [0.25, 0.3) is 0 Å². The zero-order valence-corrected chi connectivity index (χ0v) is 9.41. The van der Waals surface area contributed by atoms with Gasteiger partial charge in [0.15, 0.2) is 0 Å². The third kappa shape index (κ3) is 4.41. The van der Waals surface area contributed by atoms with Crippen LogP contribution in [0.5, 0.6) is 0 Å². The average molecular weight is 208 g/mol. The summed E-state index contributed by atoms with van der Waals surface area (Å²) in [6.45, 7) is 3.98. The summed E-state index contributed by atoms with van der Waals surface area (Å²) in [6.07, 6.45) is 2.76. The first kappa shape index (κ1) is 13.4. The molecular weight excluding hydrogens is 192 g/mol. The van der Waals surface area contributed by atoms with E-state index < -0.39 is 5.97 Å². The van der Waals surface area contributed by atoms with Gasteiger partial charge in [-0.2, -0.15) is 5.26 Å². The van der Waals surface area contributed by atoms with Crippen LogP contribution in [0.4, 0.5) is 0 Å². The zero-order valence-electron chi connectivity index (χ0n) is 9.41. The summed E-state index contributed by atoms with van der Waals surface area (Å²) in [5.41, 5.74) is 0.890. The van der Waals surface area contributed by atoms with Crippen LogP contribution in [-0.2, 0) is 9.53 Å². The molecule has 0 amide bonds. The fourth-order valence-electron chi connectivity index (χ4n) is 1.15. The molecule has 0 aromatic heterocycles. The number of rotatable bonds is 5. The highest BCUT2D eigenvalue weighted by molar-refractivity contribution is 6.43. The molecule has 0 aliphatic rings. The van der Waals surface area contributed by atoms with E-state index in [-0.39, 0.29) is 12.1 Å². The number of carbonyl (C=O) groups is 1. The summed E-state index contributed by atoms with van der Waals surface area (Å²) in [4.78, 5) is 15.3. The Balaban J connectivity index is 4.86. The minimum Gasteiger partial charge on any atom is -0.461 e. The summed E-state index contributed by atoms with van der Waals surface area (Å²) in [5.74, 6) is -0.463. The van der Waals surface area contributed by atoms with E-state index in [0.717, 1.165) is 6.42 Å². The topological polar surface area (TPSA) is 62.5 Å². The number of hydrogen-bond acceptors (Lipinski definition) is 4. The van der Waals surface area contributed by atoms with Crippen LogP contribution in [0.25, 0.3) is 0 Å². The molecule has 0 aliphatic heterocycles. The number of hydrogen-bond donors (Lipinski definition) is 0. The zero-order chi connectivity index (χ0) is 11.7. The molecule has 0 saturated carbocycles. The van der Waals surface area contributed by atoms with Crippen molar-refractivity contribution in [2.24, 2.45) is 4.99 Å². The standard InChI is InChI=1S/C11H16N2O2/c1-4-6-9(7-8-12)10(13-3)11(14)15-5-2/h6H,4-5,7H2,1-3H3/b9-6-,13-10?. The van der Waals surface area contributed by atoms with Gasteiger partial charge in [0.05, 0.1) is 19.1 Å². The first-order chi connectivity index (χ1) is 7.21. The number of ether oxygens (including phenoxy) is 1. The minimum atomic E-state index is -0.463. The van der Waals surface area contributed by atoms with Gasteiger partial charge in [-0.25, -0.2) is 4.79 Å². The summed E-state index contributed by atoms with van der Waals surface area (Å²) < 4.78 is 4.85. The molecule has 82 valence electrons. The van der Waals surface area contributed by atoms with Crippen molar-refractivity contribution >= 4 is 11.7 Å². The molecule has 0 N–H and O–H groups in total. The quantitative estimate of drug-likeness (QED) is 0.511. The second kappa shape index (κ2) is 7.74. The van der Waals surface area contributed by atoms with Gasteiger partial charge in [0.1, 0.15) is 5.71 Å². The lowest BCUT2D eigenvalue weighted by atomic mass is 10.1. The van der Waals surface area contributed by atoms with E-state index in [1.807, 2.05) is 19.1 Å². The first-order valence-electron chi connectivity index (χ1n) is 4.91. The van der Waals surface area contributed by atoms with Crippen LogP contribution >= 0.6 is 0 Å². The van der Waals surface area contributed by atoms with Gasteiger partial charge in [0, 0.05) is 7.05 Å². The van der Waals surface area contributed by atoms with Gasteiger partial charge >= 0.3 is 5.97 Å². The molecule has 0 radical (unpaired) electrons. The molecule has 0 aliphatic carbocycles. The molecule has 0 spiro atoms. The number of nitrogens with zero attached hydrogens (tertiary/aromatic N) is 2. The van der Waals surface area contributed by atoms with E-state index in [2.05, 4.69) is 4.99 Å². The van der Waals surface area contributed by atoms with Gasteiger partial charge in [-0.3, -0.25) is 4.99 Å². The molecule has 0 heterocycles. The van der Waals surface area contributed by atoms with Gasteiger partial charge in [-0.15, -0.1) is 0 Å². The van der Waals surface area contributed by atoms with Crippen LogP contribution < -0.4 is 0 Å². The predicted molar refractivity (Wildman–Crippen MR) is 58.6 cm³/mol. The highest BCUT2D eigenvalue weighted by atomic mass is 16.5. The lowest BCUT2D eigenvalue weighted by Gasteiger charge is -2.06. The van der Waals surface area contributed by atoms with E-state index >= 15 is 0 Å². The van der Waals surface area contributed by atoms with Gasteiger partial charge in [-0.05, 0) is 18.9 Å². The van der Waals surface area contributed by atoms with Crippen LogP contribution in [0.15, 0.2) is 16.6 Å². The Bertz CT molecular complexity index is 311. The fourth-order valence-corrected chi connectivity index (χ4v) is 1.15. The molecule has 0 rings (SSSR count). The Labute approximate surface area is 90.3 Å². The van der Waals surface area contributed by atoms with Crippen LogP contribution in [-0.4, -0.2) is 25.3 Å². The van der Waals surface area contributed by atoms with E-state index in [1.54, 1.807) is 6.92 Å². The molecule has 15 heavy (non-hydrogen) atoms. The number of esters is 1. The minimum absolute atomic E-state index is 0.180. The lowest BCUT2D eigenvalue weighted by Crippen LogP contribution is -2.19. The average Bonchev–Trinajstić information content (AvgIpc) is 2.20. The van der Waals surface area contributed by atoms with Crippen LogP contribution in [0.2, 0.25) is 0 Å². The lowest BCUT2D eigenvalue weighted by molar-refractivity contribution is -0.134. The van der Waals surface area contributed by atoms with E-state index in [1.165, 1.54) is 7.05 Å². The number of nitriles is 1. The van der Waals surface area contributed by atoms with Crippen molar-refractivity contribution in [3.8, 4) is 6.07 Å². The summed E-state index contributed by atoms with van der Waals surface area (Å²) in [5, 5.41) is 8.62. The number of carbonyl (C=O) groups excluding carboxylic acids is 1. The van der Waals surface area contributed by atoms with Crippen molar-refractivity contribution in [1.82, 2.24) is 0 Å². The van der Waals surface area contributed by atoms with Gasteiger partial charge < -0.3 is 4.74 Å². The maximum atomic E-state index is 11.5. The Morgan fingerprint density at radius 2 is 2.20 bits per heavy atom. The molecule has 0 atom stereocenters. The second-order valence-corrected chi connectivity index (χ2v) is 2.77. The summed E-state index contributed by atoms with van der Waals surface area (Å²) in [7, 11) is 1.52. The summed E-state index contributed by atoms with van der Waals surface area (Å²) in [6, 6.07) is 2.01. The van der Waals surface area contributed by atoms with Crippen molar-refractivity contribution in [2.75, 3.05) is 13.7 Å². The molecule has 0 aromatic rings. The van der Waals surface area contributed by atoms with Crippen molar-refractivity contribution < 1.29 is 9.53 Å².